The molecule has 2 nitrogen and oxygen atoms in total. The van der Waals surface area contributed by atoms with E-state index in [1.54, 1.807) is 18.2 Å². The Bertz CT molecular complexity index is 322. The van der Waals surface area contributed by atoms with E-state index in [0.717, 1.165) is 5.56 Å². The third kappa shape index (κ3) is 3.95. The quantitative estimate of drug-likeness (QED) is 0.813. The largest absolute Gasteiger partial charge is 0.305 e. The third-order valence-electron chi connectivity index (χ3n) is 1.95. The Morgan fingerprint density at radius 2 is 2.20 bits per heavy atom. The molecule has 0 heterocycles. The summed E-state index contributed by atoms with van der Waals surface area (Å²) in [7, 11) is 1.45. The van der Waals surface area contributed by atoms with Gasteiger partial charge < -0.3 is 4.84 Å². The highest BCUT2D eigenvalue weighted by Gasteiger charge is 2.11. The number of nitrogens with one attached hydrogen (secondary N) is 1. The standard InChI is InChI=1S/C10H12Cl2FNO/c1-15-14-9(6-13)4-7-2-3-8(11)5-10(7)12/h2-3,5,9,14H,4,6H2,1H3. The van der Waals surface area contributed by atoms with Crippen molar-refractivity contribution < 1.29 is 9.23 Å². The van der Waals surface area contributed by atoms with Crippen LogP contribution in [0.3, 0.4) is 0 Å². The summed E-state index contributed by atoms with van der Waals surface area (Å²) in [4.78, 5) is 4.67. The first-order valence-corrected chi connectivity index (χ1v) is 5.21. The van der Waals surface area contributed by atoms with Gasteiger partial charge in [0.05, 0.1) is 13.2 Å². The molecule has 1 aromatic rings. The lowest BCUT2D eigenvalue weighted by molar-refractivity contribution is 0.0527. The molecule has 5 heteroatoms. The number of benzene rings is 1. The van der Waals surface area contributed by atoms with Gasteiger partial charge in [-0.3, -0.25) is 0 Å². The first-order chi connectivity index (χ1) is 7.17. The van der Waals surface area contributed by atoms with E-state index in [-0.39, 0.29) is 0 Å². The summed E-state index contributed by atoms with van der Waals surface area (Å²) in [6, 6.07) is 4.75. The van der Waals surface area contributed by atoms with E-state index in [4.69, 9.17) is 23.2 Å². The van der Waals surface area contributed by atoms with Crippen LogP contribution < -0.4 is 5.48 Å². The number of hydrogen-bond acceptors (Lipinski definition) is 2. The summed E-state index contributed by atoms with van der Waals surface area (Å²) in [5.41, 5.74) is 3.40. The summed E-state index contributed by atoms with van der Waals surface area (Å²) in [5.74, 6) is 0. The SMILES string of the molecule is CONC(CF)Cc1ccc(Cl)cc1Cl. The van der Waals surface area contributed by atoms with Crippen molar-refractivity contribution in [2.24, 2.45) is 0 Å². The second-order valence-corrected chi connectivity index (χ2v) is 3.96. The number of hydroxylamine groups is 1. The Morgan fingerprint density at radius 3 is 2.73 bits per heavy atom. The maximum Gasteiger partial charge on any atom is 0.107 e. The smallest absolute Gasteiger partial charge is 0.107 e. The van der Waals surface area contributed by atoms with E-state index in [1.165, 1.54) is 7.11 Å². The molecule has 0 aromatic heterocycles. The van der Waals surface area contributed by atoms with Crippen molar-refractivity contribution >= 4 is 23.2 Å². The predicted molar refractivity (Wildman–Crippen MR) is 60.1 cm³/mol. The lowest BCUT2D eigenvalue weighted by Gasteiger charge is -2.14. The number of rotatable bonds is 5. The topological polar surface area (TPSA) is 21.3 Å². The van der Waals surface area contributed by atoms with Crippen LogP contribution in [-0.2, 0) is 11.3 Å². The average molecular weight is 252 g/mol. The highest BCUT2D eigenvalue weighted by atomic mass is 35.5. The molecule has 0 saturated heterocycles. The Labute approximate surface area is 98.3 Å². The van der Waals surface area contributed by atoms with Crippen molar-refractivity contribution in [3.8, 4) is 0 Å². The first kappa shape index (κ1) is 12.7. The Hall–Kier alpha value is -0.350. The molecule has 1 atom stereocenters. The summed E-state index contributed by atoms with van der Waals surface area (Å²) >= 11 is 11.7. The fraction of sp³-hybridized carbons (Fsp3) is 0.400. The Morgan fingerprint density at radius 1 is 1.47 bits per heavy atom. The zero-order chi connectivity index (χ0) is 11.3. The molecule has 1 N–H and O–H groups in total. The van der Waals surface area contributed by atoms with Crippen molar-refractivity contribution in [1.29, 1.82) is 0 Å². The van der Waals surface area contributed by atoms with E-state index in [0.29, 0.717) is 16.5 Å². The van der Waals surface area contributed by atoms with Gasteiger partial charge in [0.25, 0.3) is 0 Å². The van der Waals surface area contributed by atoms with Crippen LogP contribution in [0, 0.1) is 0 Å². The van der Waals surface area contributed by atoms with Gasteiger partial charge in [-0.1, -0.05) is 29.3 Å². The molecular formula is C10H12Cl2FNO. The summed E-state index contributed by atoms with van der Waals surface area (Å²) in [6.45, 7) is -0.521. The fourth-order valence-electron chi connectivity index (χ4n) is 1.25. The molecular weight excluding hydrogens is 240 g/mol. The highest BCUT2D eigenvalue weighted by Crippen LogP contribution is 2.22. The Balaban J connectivity index is 2.70. The van der Waals surface area contributed by atoms with Crippen molar-refractivity contribution in [3.05, 3.63) is 33.8 Å². The first-order valence-electron chi connectivity index (χ1n) is 4.45. The van der Waals surface area contributed by atoms with Crippen LogP contribution in [0.5, 0.6) is 0 Å². The van der Waals surface area contributed by atoms with E-state index in [1.807, 2.05) is 0 Å². The van der Waals surface area contributed by atoms with Gasteiger partial charge in [-0.15, -0.1) is 0 Å². The van der Waals surface area contributed by atoms with Gasteiger partial charge >= 0.3 is 0 Å². The number of alkyl halides is 1. The predicted octanol–water partition coefficient (Wildman–Crippen LogP) is 3.03. The van der Waals surface area contributed by atoms with Crippen molar-refractivity contribution in [2.75, 3.05) is 13.8 Å². The zero-order valence-electron chi connectivity index (χ0n) is 8.27. The van der Waals surface area contributed by atoms with Gasteiger partial charge in [0, 0.05) is 10.0 Å². The maximum atomic E-state index is 12.5. The van der Waals surface area contributed by atoms with Crippen LogP contribution in [0.1, 0.15) is 5.56 Å². The highest BCUT2D eigenvalue weighted by molar-refractivity contribution is 6.35. The summed E-state index contributed by atoms with van der Waals surface area (Å²) in [5, 5.41) is 1.11. The Kier molecular flexibility index (Phi) is 5.32. The second-order valence-electron chi connectivity index (χ2n) is 3.11. The normalized spacial score (nSPS) is 12.8. The van der Waals surface area contributed by atoms with Crippen LogP contribution in [0.25, 0.3) is 0 Å². The molecule has 0 aliphatic carbocycles. The molecule has 0 aliphatic heterocycles. The minimum Gasteiger partial charge on any atom is -0.305 e. The molecule has 1 aromatic carbocycles. The zero-order valence-corrected chi connectivity index (χ0v) is 9.78. The van der Waals surface area contributed by atoms with E-state index >= 15 is 0 Å². The molecule has 0 bridgehead atoms. The molecule has 0 fully saturated rings. The van der Waals surface area contributed by atoms with Gasteiger partial charge in [0.1, 0.15) is 6.67 Å². The van der Waals surface area contributed by atoms with Crippen molar-refractivity contribution in [2.45, 2.75) is 12.5 Å². The van der Waals surface area contributed by atoms with Gasteiger partial charge in [-0.2, -0.15) is 5.48 Å². The molecule has 1 unspecified atom stereocenters. The lowest BCUT2D eigenvalue weighted by Crippen LogP contribution is -2.32. The van der Waals surface area contributed by atoms with Gasteiger partial charge in [-0.05, 0) is 24.1 Å². The summed E-state index contributed by atoms with van der Waals surface area (Å²) < 4.78 is 12.5. The summed E-state index contributed by atoms with van der Waals surface area (Å²) in [6.07, 6.45) is 0.459. The molecule has 0 aliphatic rings. The van der Waals surface area contributed by atoms with Crippen molar-refractivity contribution in [1.82, 2.24) is 5.48 Å². The van der Waals surface area contributed by atoms with Gasteiger partial charge in [-0.25, -0.2) is 4.39 Å². The second kappa shape index (κ2) is 6.28. The molecule has 0 amide bonds. The minimum absolute atomic E-state index is 0.395. The molecule has 0 saturated carbocycles. The van der Waals surface area contributed by atoms with Crippen LogP contribution in [0.2, 0.25) is 10.0 Å². The average Bonchev–Trinajstić information content (AvgIpc) is 2.21. The molecule has 84 valence electrons. The van der Waals surface area contributed by atoms with E-state index in [9.17, 15) is 4.39 Å². The molecule has 0 radical (unpaired) electrons. The fourth-order valence-corrected chi connectivity index (χ4v) is 1.73. The molecule has 15 heavy (non-hydrogen) atoms. The van der Waals surface area contributed by atoms with Crippen LogP contribution >= 0.6 is 23.2 Å². The minimum atomic E-state index is -0.521. The van der Waals surface area contributed by atoms with Crippen LogP contribution in [-0.4, -0.2) is 19.8 Å². The molecule has 0 spiro atoms. The molecule has 1 rings (SSSR count). The maximum absolute atomic E-state index is 12.5. The third-order valence-corrected chi connectivity index (χ3v) is 2.54. The van der Waals surface area contributed by atoms with E-state index in [2.05, 4.69) is 10.3 Å². The number of hydrogen-bond donors (Lipinski definition) is 1. The van der Waals surface area contributed by atoms with E-state index < -0.39 is 12.7 Å². The van der Waals surface area contributed by atoms with Crippen LogP contribution in [0.15, 0.2) is 18.2 Å². The van der Waals surface area contributed by atoms with Crippen molar-refractivity contribution in [3.63, 3.8) is 0 Å². The van der Waals surface area contributed by atoms with Crippen LogP contribution in [0.4, 0.5) is 4.39 Å². The number of halogens is 3. The monoisotopic (exact) mass is 251 g/mol. The van der Waals surface area contributed by atoms with Gasteiger partial charge in [0.2, 0.25) is 0 Å². The lowest BCUT2D eigenvalue weighted by atomic mass is 10.1. The van der Waals surface area contributed by atoms with Gasteiger partial charge in [0.15, 0.2) is 0 Å².